The average Bonchev–Trinajstić information content (AvgIpc) is 2.60. The Kier molecular flexibility index (Phi) is 5.97. The SMILES string of the molecule is COc1cc(C(C)(C)C)c(OC(=O)c2ccc(O)c(OC)c2)c(C(C)(C)C)c1. The summed E-state index contributed by atoms with van der Waals surface area (Å²) in [6.07, 6.45) is 0. The van der Waals surface area contributed by atoms with Gasteiger partial charge < -0.3 is 19.3 Å². The van der Waals surface area contributed by atoms with Gasteiger partial charge in [-0.3, -0.25) is 0 Å². The number of phenols is 1. The van der Waals surface area contributed by atoms with E-state index in [1.54, 1.807) is 7.11 Å². The molecule has 2 aromatic rings. The smallest absolute Gasteiger partial charge is 0.343 e. The average molecular weight is 386 g/mol. The molecule has 0 aliphatic rings. The zero-order valence-corrected chi connectivity index (χ0v) is 18.0. The number of carbonyl (C=O) groups is 1. The molecule has 0 saturated carbocycles. The Hall–Kier alpha value is -2.69. The number of rotatable bonds is 4. The maximum atomic E-state index is 12.9. The molecule has 0 spiro atoms. The highest BCUT2D eigenvalue weighted by Crippen LogP contribution is 2.43. The molecule has 1 N–H and O–H groups in total. The summed E-state index contributed by atoms with van der Waals surface area (Å²) in [5.74, 6) is 0.934. The zero-order valence-electron chi connectivity index (χ0n) is 18.0. The van der Waals surface area contributed by atoms with Crippen LogP contribution in [0.1, 0.15) is 63.0 Å². The standard InChI is InChI=1S/C23H30O5/c1-22(2,3)16-12-15(26-7)13-17(23(4,5)6)20(16)28-21(25)14-9-10-18(24)19(11-14)27-8/h9-13,24H,1-8H3. The normalized spacial score (nSPS) is 11.9. The molecule has 0 atom stereocenters. The summed E-state index contributed by atoms with van der Waals surface area (Å²) in [4.78, 5) is 12.9. The van der Waals surface area contributed by atoms with Crippen LogP contribution in [-0.2, 0) is 10.8 Å². The van der Waals surface area contributed by atoms with Gasteiger partial charge in [-0.05, 0) is 41.2 Å². The molecule has 0 amide bonds. The van der Waals surface area contributed by atoms with Gasteiger partial charge in [-0.1, -0.05) is 41.5 Å². The molecule has 0 aliphatic carbocycles. The largest absolute Gasteiger partial charge is 0.504 e. The highest BCUT2D eigenvalue weighted by molar-refractivity contribution is 5.92. The van der Waals surface area contributed by atoms with E-state index in [9.17, 15) is 9.90 Å². The van der Waals surface area contributed by atoms with Crippen LogP contribution in [0.15, 0.2) is 30.3 Å². The Morgan fingerprint density at radius 1 is 0.857 bits per heavy atom. The summed E-state index contributed by atoms with van der Waals surface area (Å²) in [6, 6.07) is 8.22. The molecular weight excluding hydrogens is 356 g/mol. The monoisotopic (exact) mass is 386 g/mol. The molecule has 2 rings (SSSR count). The Balaban J connectivity index is 2.61. The number of ether oxygens (including phenoxy) is 3. The van der Waals surface area contributed by atoms with Crippen molar-refractivity contribution >= 4 is 5.97 Å². The number of phenolic OH excluding ortho intramolecular Hbond substituents is 1. The lowest BCUT2D eigenvalue weighted by Crippen LogP contribution is -2.22. The summed E-state index contributed by atoms with van der Waals surface area (Å²) in [6.45, 7) is 12.4. The highest BCUT2D eigenvalue weighted by atomic mass is 16.5. The Morgan fingerprint density at radius 3 is 1.82 bits per heavy atom. The molecule has 0 fully saturated rings. The van der Waals surface area contributed by atoms with Gasteiger partial charge in [0.05, 0.1) is 19.8 Å². The maximum absolute atomic E-state index is 12.9. The number of carbonyl (C=O) groups excluding carboxylic acids is 1. The summed E-state index contributed by atoms with van der Waals surface area (Å²) >= 11 is 0. The number of hydrogen-bond donors (Lipinski definition) is 1. The minimum atomic E-state index is -0.514. The molecule has 0 aliphatic heterocycles. The maximum Gasteiger partial charge on any atom is 0.343 e. The van der Waals surface area contributed by atoms with E-state index in [1.807, 2.05) is 12.1 Å². The summed E-state index contributed by atoms with van der Waals surface area (Å²) in [7, 11) is 3.06. The summed E-state index contributed by atoms with van der Waals surface area (Å²) in [5.41, 5.74) is 1.53. The van der Waals surface area contributed by atoms with Crippen LogP contribution < -0.4 is 14.2 Å². The van der Waals surface area contributed by atoms with Gasteiger partial charge in [-0.2, -0.15) is 0 Å². The van der Waals surface area contributed by atoms with Crippen LogP contribution >= 0.6 is 0 Å². The van der Waals surface area contributed by atoms with Crippen LogP contribution in [0, 0.1) is 0 Å². The lowest BCUT2D eigenvalue weighted by atomic mass is 9.79. The number of hydrogen-bond acceptors (Lipinski definition) is 5. The van der Waals surface area contributed by atoms with E-state index < -0.39 is 5.97 Å². The molecule has 0 unspecified atom stereocenters. The van der Waals surface area contributed by atoms with E-state index in [1.165, 1.54) is 25.3 Å². The van der Waals surface area contributed by atoms with Crippen molar-refractivity contribution in [3.63, 3.8) is 0 Å². The van der Waals surface area contributed by atoms with E-state index >= 15 is 0 Å². The Bertz CT molecular complexity index is 835. The fourth-order valence-corrected chi connectivity index (χ4v) is 2.90. The van der Waals surface area contributed by atoms with Crippen molar-refractivity contribution in [2.45, 2.75) is 52.4 Å². The van der Waals surface area contributed by atoms with Crippen LogP contribution in [0.5, 0.6) is 23.0 Å². The second-order valence-corrected chi connectivity index (χ2v) is 8.83. The predicted molar refractivity (Wildman–Crippen MR) is 110 cm³/mol. The third kappa shape index (κ3) is 4.58. The van der Waals surface area contributed by atoms with Crippen molar-refractivity contribution in [2.75, 3.05) is 14.2 Å². The molecule has 0 saturated heterocycles. The van der Waals surface area contributed by atoms with Gasteiger partial charge in [0.25, 0.3) is 0 Å². The molecule has 0 aromatic heterocycles. The third-order valence-corrected chi connectivity index (χ3v) is 4.52. The van der Waals surface area contributed by atoms with E-state index in [2.05, 4.69) is 41.5 Å². The van der Waals surface area contributed by atoms with Crippen LogP contribution in [0.2, 0.25) is 0 Å². The molecule has 5 nitrogen and oxygen atoms in total. The molecular formula is C23H30O5. The topological polar surface area (TPSA) is 65.0 Å². The Labute approximate surface area is 167 Å². The van der Waals surface area contributed by atoms with Crippen molar-refractivity contribution < 1.29 is 24.1 Å². The van der Waals surface area contributed by atoms with Crippen LogP contribution in [0.25, 0.3) is 0 Å². The fraction of sp³-hybridized carbons (Fsp3) is 0.435. The first-order chi connectivity index (χ1) is 12.9. The van der Waals surface area contributed by atoms with Gasteiger partial charge >= 0.3 is 5.97 Å². The number of esters is 1. The van der Waals surface area contributed by atoms with Crippen molar-refractivity contribution in [2.24, 2.45) is 0 Å². The number of benzene rings is 2. The molecule has 152 valence electrons. The van der Waals surface area contributed by atoms with E-state index in [-0.39, 0.29) is 22.3 Å². The summed E-state index contributed by atoms with van der Waals surface area (Å²) in [5, 5.41) is 9.77. The minimum Gasteiger partial charge on any atom is -0.504 e. The quantitative estimate of drug-likeness (QED) is 0.576. The van der Waals surface area contributed by atoms with Gasteiger partial charge in [0.15, 0.2) is 11.5 Å². The summed E-state index contributed by atoms with van der Waals surface area (Å²) < 4.78 is 16.5. The van der Waals surface area contributed by atoms with Gasteiger partial charge in [0, 0.05) is 11.1 Å². The van der Waals surface area contributed by atoms with Crippen molar-refractivity contribution in [3.8, 4) is 23.0 Å². The van der Waals surface area contributed by atoms with Crippen molar-refractivity contribution in [1.29, 1.82) is 0 Å². The molecule has 0 radical (unpaired) electrons. The van der Waals surface area contributed by atoms with E-state index in [4.69, 9.17) is 14.2 Å². The second kappa shape index (κ2) is 7.74. The van der Waals surface area contributed by atoms with E-state index in [0.717, 1.165) is 16.9 Å². The highest BCUT2D eigenvalue weighted by Gasteiger charge is 2.30. The van der Waals surface area contributed by atoms with Crippen molar-refractivity contribution in [1.82, 2.24) is 0 Å². The third-order valence-electron chi connectivity index (χ3n) is 4.52. The fourth-order valence-electron chi connectivity index (χ4n) is 2.90. The molecule has 0 heterocycles. The first-order valence-corrected chi connectivity index (χ1v) is 9.20. The van der Waals surface area contributed by atoms with Crippen LogP contribution in [-0.4, -0.2) is 25.3 Å². The van der Waals surface area contributed by atoms with Crippen LogP contribution in [0.3, 0.4) is 0 Å². The second-order valence-electron chi connectivity index (χ2n) is 8.83. The first kappa shape index (κ1) is 21.6. The number of methoxy groups -OCH3 is 2. The molecule has 0 bridgehead atoms. The minimum absolute atomic E-state index is 0.0331. The van der Waals surface area contributed by atoms with Gasteiger partial charge in [-0.25, -0.2) is 4.79 Å². The zero-order chi connectivity index (χ0) is 21.3. The Morgan fingerprint density at radius 2 is 1.39 bits per heavy atom. The van der Waals surface area contributed by atoms with Gasteiger partial charge in [0.2, 0.25) is 0 Å². The molecule has 2 aromatic carbocycles. The molecule has 5 heteroatoms. The van der Waals surface area contributed by atoms with Crippen LogP contribution in [0.4, 0.5) is 0 Å². The lowest BCUT2D eigenvalue weighted by Gasteiger charge is -2.29. The number of aromatic hydroxyl groups is 1. The first-order valence-electron chi connectivity index (χ1n) is 9.20. The predicted octanol–water partition coefficient (Wildman–Crippen LogP) is 5.22. The van der Waals surface area contributed by atoms with Crippen molar-refractivity contribution in [3.05, 3.63) is 47.0 Å². The lowest BCUT2D eigenvalue weighted by molar-refractivity contribution is 0.0728. The molecule has 28 heavy (non-hydrogen) atoms. The van der Waals surface area contributed by atoms with E-state index in [0.29, 0.717) is 11.3 Å². The van der Waals surface area contributed by atoms with Gasteiger partial charge in [-0.15, -0.1) is 0 Å². The van der Waals surface area contributed by atoms with Gasteiger partial charge in [0.1, 0.15) is 11.5 Å².